The van der Waals surface area contributed by atoms with E-state index >= 15 is 0 Å². The number of hydrogen-bond donors (Lipinski definition) is 0. The first-order valence-corrected chi connectivity index (χ1v) is 16.7. The zero-order valence-electron chi connectivity index (χ0n) is 27.6. The van der Waals surface area contributed by atoms with Gasteiger partial charge in [0.2, 0.25) is 0 Å². The smallest absolute Gasteiger partial charge is 0.333 e. The zero-order chi connectivity index (χ0) is 31.3. The van der Waals surface area contributed by atoms with Crippen LogP contribution in [0.1, 0.15) is 92.4 Å². The first-order chi connectivity index (χ1) is 21.4. The van der Waals surface area contributed by atoms with E-state index in [-0.39, 0.29) is 5.97 Å². The van der Waals surface area contributed by atoms with E-state index in [0.29, 0.717) is 18.4 Å². The Hall–Kier alpha value is -3.69. The number of allylic oxidation sites excluding steroid dienone is 9. The van der Waals surface area contributed by atoms with E-state index in [1.54, 1.807) is 5.57 Å². The van der Waals surface area contributed by atoms with Crippen molar-refractivity contribution in [3.05, 3.63) is 99.8 Å². The minimum Gasteiger partial charge on any atom is -0.463 e. The van der Waals surface area contributed by atoms with E-state index in [9.17, 15) is 4.79 Å². The molecule has 4 rings (SSSR count). The molecular weight excluding hydrogens is 542 g/mol. The molecule has 0 radical (unpaired) electrons. The molecular formula is C39H51N3O2. The molecule has 0 aromatic carbocycles. The van der Waals surface area contributed by atoms with E-state index in [0.717, 1.165) is 61.9 Å². The molecule has 0 amide bonds. The summed E-state index contributed by atoms with van der Waals surface area (Å²) in [6.45, 7) is 12.8. The number of nitrogens with zero attached hydrogens (tertiary/aromatic N) is 3. The number of esters is 1. The van der Waals surface area contributed by atoms with Crippen LogP contribution in [-0.2, 0) is 9.53 Å². The van der Waals surface area contributed by atoms with Gasteiger partial charge >= 0.3 is 5.97 Å². The van der Waals surface area contributed by atoms with E-state index in [1.165, 1.54) is 48.2 Å². The summed E-state index contributed by atoms with van der Waals surface area (Å²) in [5.74, 6) is 1.06. The monoisotopic (exact) mass is 593 g/mol. The molecule has 4 aliphatic rings. The second kappa shape index (κ2) is 17.0. The highest BCUT2D eigenvalue weighted by Crippen LogP contribution is 2.35. The van der Waals surface area contributed by atoms with Crippen molar-refractivity contribution in [1.82, 2.24) is 4.90 Å². The molecule has 2 heterocycles. The number of carbonyl (C=O) groups excluding carboxylic acids is 1. The van der Waals surface area contributed by atoms with E-state index in [4.69, 9.17) is 9.73 Å². The van der Waals surface area contributed by atoms with Gasteiger partial charge in [-0.25, -0.2) is 4.79 Å². The van der Waals surface area contributed by atoms with Gasteiger partial charge in [-0.15, -0.1) is 5.73 Å². The molecule has 0 spiro atoms. The van der Waals surface area contributed by atoms with Crippen LogP contribution < -0.4 is 0 Å². The zero-order valence-corrected chi connectivity index (χ0v) is 27.6. The van der Waals surface area contributed by atoms with Crippen LogP contribution in [-0.4, -0.2) is 42.5 Å². The van der Waals surface area contributed by atoms with Crippen molar-refractivity contribution in [1.29, 1.82) is 0 Å². The highest BCUT2D eigenvalue weighted by Gasteiger charge is 2.23. The number of ether oxygens (including phenoxy) is 1. The molecule has 44 heavy (non-hydrogen) atoms. The van der Waals surface area contributed by atoms with Gasteiger partial charge in [0.25, 0.3) is 0 Å². The highest BCUT2D eigenvalue weighted by atomic mass is 16.5. The van der Waals surface area contributed by atoms with Crippen LogP contribution >= 0.6 is 0 Å². The summed E-state index contributed by atoms with van der Waals surface area (Å²) in [7, 11) is 0. The topological polar surface area (TPSA) is 54.3 Å². The van der Waals surface area contributed by atoms with Gasteiger partial charge in [0.05, 0.1) is 6.61 Å². The molecule has 2 aliphatic heterocycles. The van der Waals surface area contributed by atoms with Crippen molar-refractivity contribution in [2.45, 2.75) is 92.4 Å². The number of hydrogen-bond acceptors (Lipinski definition) is 5. The van der Waals surface area contributed by atoms with Gasteiger partial charge in [0, 0.05) is 59.8 Å². The fourth-order valence-corrected chi connectivity index (χ4v) is 6.40. The lowest BCUT2D eigenvalue weighted by Gasteiger charge is -2.31. The summed E-state index contributed by atoms with van der Waals surface area (Å²) in [5.41, 5.74) is 12.8. The lowest BCUT2D eigenvalue weighted by Crippen LogP contribution is -2.29. The van der Waals surface area contributed by atoms with Crippen molar-refractivity contribution < 1.29 is 9.53 Å². The lowest BCUT2D eigenvalue weighted by molar-refractivity contribution is -0.138. The summed E-state index contributed by atoms with van der Waals surface area (Å²) in [6.07, 6.45) is 30.4. The van der Waals surface area contributed by atoms with Crippen LogP contribution in [0.25, 0.3) is 0 Å². The Bertz CT molecular complexity index is 1400. The first-order valence-electron chi connectivity index (χ1n) is 16.7. The summed E-state index contributed by atoms with van der Waals surface area (Å²) >= 11 is 0. The van der Waals surface area contributed by atoms with Crippen LogP contribution in [0.3, 0.4) is 0 Å². The fourth-order valence-electron chi connectivity index (χ4n) is 6.40. The highest BCUT2D eigenvalue weighted by molar-refractivity contribution is 5.88. The van der Waals surface area contributed by atoms with Gasteiger partial charge < -0.3 is 9.64 Å². The maximum atomic E-state index is 12.3. The third kappa shape index (κ3) is 9.40. The average Bonchev–Trinajstić information content (AvgIpc) is 3.35. The van der Waals surface area contributed by atoms with Gasteiger partial charge in [0.1, 0.15) is 0 Å². The number of aliphatic imine (C=N–C) groups is 2. The largest absolute Gasteiger partial charge is 0.463 e. The van der Waals surface area contributed by atoms with Crippen molar-refractivity contribution >= 4 is 17.9 Å². The fraction of sp³-hybridized carbons (Fsp3) is 0.487. The molecule has 1 unspecified atom stereocenters. The molecule has 0 aromatic rings. The average molecular weight is 594 g/mol. The first kappa shape index (κ1) is 33.2. The van der Waals surface area contributed by atoms with Crippen LogP contribution in [0.15, 0.2) is 110 Å². The second-order valence-corrected chi connectivity index (χ2v) is 12.5. The minimum absolute atomic E-state index is 0.172. The molecule has 0 saturated carbocycles. The van der Waals surface area contributed by atoms with Gasteiger partial charge in [-0.3, -0.25) is 9.98 Å². The molecule has 0 fully saturated rings. The molecule has 2 aliphatic carbocycles. The Morgan fingerprint density at radius 3 is 2.84 bits per heavy atom. The molecule has 0 saturated heterocycles. The Morgan fingerprint density at radius 2 is 2.05 bits per heavy atom. The summed E-state index contributed by atoms with van der Waals surface area (Å²) in [5, 5.41) is 0. The lowest BCUT2D eigenvalue weighted by atomic mass is 9.88. The summed E-state index contributed by atoms with van der Waals surface area (Å²) in [6, 6.07) is 0. The molecule has 0 N–H and O–H groups in total. The van der Waals surface area contributed by atoms with Crippen LogP contribution in [0.2, 0.25) is 0 Å². The van der Waals surface area contributed by atoms with E-state index < -0.39 is 0 Å². The SMILES string of the molecule is CC=C=C/C(=C\N=C(C)C1CCC=C(CC(C)C)CC1)C1=CCC2=CN=CC=C(N3CC/C=C(\C(=O)OCC)CCC3)C2=C1. The predicted octanol–water partition coefficient (Wildman–Crippen LogP) is 9.31. The molecule has 1 atom stereocenters. The number of fused-ring (bicyclic) bond motifs is 1. The van der Waals surface area contributed by atoms with Crippen molar-refractivity contribution in [3.63, 3.8) is 0 Å². The van der Waals surface area contributed by atoms with Gasteiger partial charge in [-0.2, -0.15) is 0 Å². The predicted molar refractivity (Wildman–Crippen MR) is 185 cm³/mol. The molecule has 5 heteroatoms. The maximum Gasteiger partial charge on any atom is 0.333 e. The standard InChI is InChI=1S/C39H51N3O2/c1-6-8-13-35(28-41-30(5)32-14-9-12-31(17-18-32)25-29(3)4)34-19-20-36-27-40-22-21-38(37(36)26-34)42-23-10-15-33(16-11-24-42)39(43)44-7-2/h6,12-13,15,19,21-22,26-29,32H,7,9-11,14,16-18,20,23-25H2,1-5H3/b33-15-,35-28+,41-30?. The Labute approximate surface area is 265 Å². The molecule has 0 bridgehead atoms. The third-order valence-electron chi connectivity index (χ3n) is 8.72. The Kier molecular flexibility index (Phi) is 12.8. The minimum atomic E-state index is -0.172. The van der Waals surface area contributed by atoms with Crippen LogP contribution in [0.5, 0.6) is 0 Å². The summed E-state index contributed by atoms with van der Waals surface area (Å²) in [4.78, 5) is 24.4. The Balaban J connectivity index is 1.55. The third-order valence-corrected chi connectivity index (χ3v) is 8.72. The normalized spacial score (nSPS) is 22.7. The number of rotatable bonds is 9. The van der Waals surface area contributed by atoms with Gasteiger partial charge in [-0.1, -0.05) is 37.6 Å². The van der Waals surface area contributed by atoms with E-state index in [2.05, 4.69) is 72.9 Å². The Morgan fingerprint density at radius 1 is 1.18 bits per heavy atom. The number of carbonyl (C=O) groups is 1. The van der Waals surface area contributed by atoms with Crippen molar-refractivity contribution in [2.75, 3.05) is 19.7 Å². The van der Waals surface area contributed by atoms with Crippen molar-refractivity contribution in [3.8, 4) is 0 Å². The molecule has 234 valence electrons. The maximum absolute atomic E-state index is 12.3. The quantitative estimate of drug-likeness (QED) is 0.0880. The van der Waals surface area contributed by atoms with Gasteiger partial charge in [-0.05, 0) is 126 Å². The molecule has 0 aromatic heterocycles. The van der Waals surface area contributed by atoms with Crippen LogP contribution in [0, 0.1) is 11.8 Å². The van der Waals surface area contributed by atoms with Gasteiger partial charge in [0.15, 0.2) is 0 Å². The van der Waals surface area contributed by atoms with E-state index in [1.807, 2.05) is 38.5 Å². The van der Waals surface area contributed by atoms with Crippen LogP contribution in [0.4, 0.5) is 0 Å². The summed E-state index contributed by atoms with van der Waals surface area (Å²) < 4.78 is 5.26. The molecule has 5 nitrogen and oxygen atoms in total. The van der Waals surface area contributed by atoms with Crippen molar-refractivity contribution in [2.24, 2.45) is 21.8 Å². The second-order valence-electron chi connectivity index (χ2n) is 12.5.